The molecule has 168 valence electrons. The number of halogens is 9. The summed E-state index contributed by atoms with van der Waals surface area (Å²) in [5, 5.41) is 16.5. The third kappa shape index (κ3) is 4.95. The quantitative estimate of drug-likeness (QED) is 0.147. The van der Waals surface area contributed by atoms with Gasteiger partial charge in [-0.15, -0.1) is 0 Å². The van der Waals surface area contributed by atoms with Crippen LogP contribution in [0.15, 0.2) is 44.2 Å². The second-order valence-corrected chi connectivity index (χ2v) is 8.57. The fraction of sp³-hybridized carbons (Fsp3) is 0.200. The van der Waals surface area contributed by atoms with Crippen LogP contribution in [-0.4, -0.2) is 27.2 Å². The number of alkyl halides is 7. The number of thioether (sulfide) groups is 1. The second kappa shape index (κ2) is 8.54. The number of nitro groups is 2. The lowest BCUT2D eigenvalue weighted by molar-refractivity contribution is -0.422. The smallest absolute Gasteiger partial charge is 0.258 e. The third-order valence-corrected chi connectivity index (χ3v) is 5.88. The summed E-state index contributed by atoms with van der Waals surface area (Å²) in [7, 11) is 0. The first kappa shape index (κ1) is 25.3. The molecular weight excluding hydrogens is 597 g/mol. The Labute approximate surface area is 188 Å². The van der Waals surface area contributed by atoms with E-state index in [4.69, 9.17) is 0 Å². The van der Waals surface area contributed by atoms with E-state index in [9.17, 15) is 51.0 Å². The van der Waals surface area contributed by atoms with Crippen LogP contribution in [0.3, 0.4) is 0 Å². The number of hydrogen-bond donors (Lipinski definition) is 0. The van der Waals surface area contributed by atoms with Gasteiger partial charge >= 0.3 is 28.7 Å². The lowest BCUT2D eigenvalue weighted by Gasteiger charge is -2.27. The van der Waals surface area contributed by atoms with Gasteiger partial charge in [-0.1, -0.05) is 31.9 Å². The Balaban J connectivity index is 2.52. The Morgan fingerprint density at radius 1 is 0.806 bits per heavy atom. The van der Waals surface area contributed by atoms with Crippen molar-refractivity contribution in [3.05, 3.63) is 59.5 Å². The maximum Gasteiger partial charge on any atom is 0.460 e. The highest BCUT2D eigenvalue weighted by atomic mass is 79.9. The van der Waals surface area contributed by atoms with Gasteiger partial charge in [0.05, 0.1) is 9.85 Å². The molecule has 0 aromatic heterocycles. The van der Waals surface area contributed by atoms with Crippen molar-refractivity contribution in [3.8, 4) is 11.1 Å². The van der Waals surface area contributed by atoms with Gasteiger partial charge in [0.15, 0.2) is 0 Å². The minimum Gasteiger partial charge on any atom is -0.258 e. The van der Waals surface area contributed by atoms with Gasteiger partial charge in [0.25, 0.3) is 0 Å². The van der Waals surface area contributed by atoms with E-state index >= 15 is 0 Å². The number of hydrogen-bond acceptors (Lipinski definition) is 5. The Bertz CT molecular complexity index is 1040. The van der Waals surface area contributed by atoms with Gasteiger partial charge in [0.1, 0.15) is 0 Å². The van der Waals surface area contributed by atoms with Gasteiger partial charge in [0.2, 0.25) is 0 Å². The van der Waals surface area contributed by atoms with Gasteiger partial charge < -0.3 is 0 Å². The molecule has 0 fully saturated rings. The molecule has 0 radical (unpaired) electrons. The predicted molar refractivity (Wildman–Crippen MR) is 102 cm³/mol. The van der Waals surface area contributed by atoms with Crippen LogP contribution in [0.4, 0.5) is 42.1 Å². The van der Waals surface area contributed by atoms with Crippen LogP contribution in [0, 0.1) is 20.2 Å². The molecule has 0 spiro atoms. The van der Waals surface area contributed by atoms with Crippen LogP contribution in [-0.2, 0) is 0 Å². The molecule has 2 aromatic carbocycles. The van der Waals surface area contributed by atoms with Gasteiger partial charge in [-0.25, -0.2) is 0 Å². The average Bonchev–Trinajstić information content (AvgIpc) is 2.59. The zero-order chi connectivity index (χ0) is 23.9. The van der Waals surface area contributed by atoms with Crippen molar-refractivity contribution in [1.82, 2.24) is 0 Å². The van der Waals surface area contributed by atoms with Crippen molar-refractivity contribution in [2.24, 2.45) is 0 Å². The summed E-state index contributed by atoms with van der Waals surface area (Å²) in [5.41, 5.74) is -1.65. The largest absolute Gasteiger partial charge is 0.460 e. The lowest BCUT2D eigenvalue weighted by Crippen LogP contribution is -2.49. The number of benzene rings is 2. The predicted octanol–water partition coefficient (Wildman–Crippen LogP) is 7.58. The summed E-state index contributed by atoms with van der Waals surface area (Å²) >= 11 is 4.84. The van der Waals surface area contributed by atoms with E-state index < -0.39 is 55.2 Å². The molecule has 31 heavy (non-hydrogen) atoms. The van der Waals surface area contributed by atoms with E-state index in [0.29, 0.717) is 0 Å². The Morgan fingerprint density at radius 3 is 1.71 bits per heavy atom. The van der Waals surface area contributed by atoms with E-state index in [-0.39, 0.29) is 20.1 Å². The van der Waals surface area contributed by atoms with Crippen molar-refractivity contribution < 1.29 is 40.6 Å². The van der Waals surface area contributed by atoms with Crippen LogP contribution < -0.4 is 0 Å². The molecular formula is C15H5Br2F7N2O4S. The van der Waals surface area contributed by atoms with Crippen LogP contribution in [0.2, 0.25) is 0 Å². The van der Waals surface area contributed by atoms with Gasteiger partial charge in [-0.05, 0) is 35.5 Å². The highest BCUT2D eigenvalue weighted by molar-refractivity contribution is 9.11. The molecule has 0 aliphatic rings. The molecule has 0 aliphatic heterocycles. The van der Waals surface area contributed by atoms with Gasteiger partial charge in [0, 0.05) is 31.5 Å². The number of nitro benzene ring substituents is 2. The van der Waals surface area contributed by atoms with Crippen LogP contribution >= 0.6 is 43.6 Å². The molecule has 0 saturated heterocycles. The molecule has 0 amide bonds. The highest BCUT2D eigenvalue weighted by Gasteiger charge is 2.73. The van der Waals surface area contributed by atoms with Gasteiger partial charge in [-0.3, -0.25) is 20.2 Å². The number of rotatable bonds is 6. The molecule has 0 saturated carbocycles. The normalized spacial score (nSPS) is 12.7. The van der Waals surface area contributed by atoms with Crippen molar-refractivity contribution in [1.29, 1.82) is 0 Å². The van der Waals surface area contributed by atoms with E-state index in [2.05, 4.69) is 31.9 Å². The summed E-state index contributed by atoms with van der Waals surface area (Å²) in [6.07, 6.45) is -6.49. The average molecular weight is 602 g/mol. The topological polar surface area (TPSA) is 86.3 Å². The molecule has 16 heteroatoms. The van der Waals surface area contributed by atoms with E-state index in [1.807, 2.05) is 0 Å². The second-order valence-electron chi connectivity index (χ2n) is 5.67. The highest BCUT2D eigenvalue weighted by Crippen LogP contribution is 2.54. The van der Waals surface area contributed by atoms with Crippen molar-refractivity contribution in [3.63, 3.8) is 0 Å². The first-order valence-electron chi connectivity index (χ1n) is 7.43. The molecule has 2 aromatic rings. The first-order chi connectivity index (χ1) is 14.0. The maximum atomic E-state index is 13.7. The number of nitrogens with zero attached hydrogens (tertiary/aromatic N) is 2. The molecule has 2 rings (SSSR count). The van der Waals surface area contributed by atoms with Gasteiger partial charge in [-0.2, -0.15) is 30.7 Å². The summed E-state index contributed by atoms with van der Waals surface area (Å²) in [5.74, 6) is -6.32. The first-order valence-corrected chi connectivity index (χ1v) is 9.83. The summed E-state index contributed by atoms with van der Waals surface area (Å²) in [4.78, 5) is 19.3. The molecule has 0 bridgehead atoms. The monoisotopic (exact) mass is 600 g/mol. The van der Waals surface area contributed by atoms with Crippen LogP contribution in [0.25, 0.3) is 11.1 Å². The molecule has 0 heterocycles. The Kier molecular flexibility index (Phi) is 6.97. The SMILES string of the molecule is O=[N+]([O-])c1ccc(-c2c(Br)cc(SC(F)(F)C(F)(F)C(F)(F)F)cc2Br)cc1[N+](=O)[O-]. The minimum atomic E-state index is -6.49. The maximum absolute atomic E-state index is 13.7. The van der Waals surface area contributed by atoms with Crippen molar-refractivity contribution >= 4 is 55.0 Å². The lowest BCUT2D eigenvalue weighted by atomic mass is 10.0. The zero-order valence-electron chi connectivity index (χ0n) is 14.2. The molecule has 6 nitrogen and oxygen atoms in total. The van der Waals surface area contributed by atoms with Crippen molar-refractivity contribution in [2.45, 2.75) is 22.2 Å². The fourth-order valence-corrected chi connectivity index (χ4v) is 5.08. The Hall–Kier alpha value is -1.94. The van der Waals surface area contributed by atoms with E-state index in [1.54, 1.807) is 0 Å². The molecule has 0 unspecified atom stereocenters. The molecule has 0 N–H and O–H groups in total. The Morgan fingerprint density at radius 2 is 1.29 bits per heavy atom. The summed E-state index contributed by atoms with van der Waals surface area (Å²) in [6.45, 7) is 0. The summed E-state index contributed by atoms with van der Waals surface area (Å²) in [6, 6.07) is 4.36. The third-order valence-electron chi connectivity index (χ3n) is 3.64. The summed E-state index contributed by atoms with van der Waals surface area (Å²) < 4.78 is 90.2. The molecule has 0 atom stereocenters. The fourth-order valence-electron chi connectivity index (χ4n) is 2.24. The van der Waals surface area contributed by atoms with Crippen LogP contribution in [0.5, 0.6) is 0 Å². The minimum absolute atomic E-state index is 0.0000170. The molecule has 0 aliphatic carbocycles. The van der Waals surface area contributed by atoms with Crippen molar-refractivity contribution in [2.75, 3.05) is 0 Å². The van der Waals surface area contributed by atoms with E-state index in [0.717, 1.165) is 30.3 Å². The van der Waals surface area contributed by atoms with Crippen LogP contribution in [0.1, 0.15) is 0 Å². The zero-order valence-corrected chi connectivity index (χ0v) is 18.2. The standard InChI is InChI=1S/C15H5Br2F7N2O4S/c16-8-4-7(31-15(23,24)13(18,19)14(20,21)22)5-9(17)12(8)6-1-2-10(25(27)28)11(3-6)26(29)30/h1-5H. The van der Waals surface area contributed by atoms with E-state index in [1.165, 1.54) is 0 Å².